The molecule has 44 heavy (non-hydrogen) atoms. The number of aliphatic carboxylic acids is 1. The number of hydrogen-bond acceptors (Lipinski definition) is 7. The highest BCUT2D eigenvalue weighted by Gasteiger charge is 2.18. The number of thiazole rings is 1. The minimum atomic E-state index is -1.01. The maximum atomic E-state index is 12.6. The molecule has 0 saturated heterocycles. The zero-order valence-electron chi connectivity index (χ0n) is 25.6. The molecule has 1 amide bonds. The summed E-state index contributed by atoms with van der Waals surface area (Å²) in [5.74, 6) is 0.552. The van der Waals surface area contributed by atoms with Crippen LogP contribution in [0, 0.1) is 0 Å². The average Bonchev–Trinajstić information content (AvgIpc) is 3.48. The van der Waals surface area contributed by atoms with Crippen LogP contribution in [0.2, 0.25) is 0 Å². The van der Waals surface area contributed by atoms with Gasteiger partial charge in [0.15, 0.2) is 11.5 Å². The first-order valence-corrected chi connectivity index (χ1v) is 15.9. The van der Waals surface area contributed by atoms with Crippen LogP contribution in [0.3, 0.4) is 0 Å². The van der Waals surface area contributed by atoms with Crippen molar-refractivity contribution in [1.82, 2.24) is 9.88 Å². The topological polar surface area (TPSA) is 101 Å². The third-order valence-corrected chi connectivity index (χ3v) is 8.11. The number of methoxy groups -OCH3 is 1. The molecule has 4 aromatic rings. The Kier molecular flexibility index (Phi) is 12.3. The van der Waals surface area contributed by atoms with Crippen LogP contribution in [0.5, 0.6) is 11.5 Å². The van der Waals surface area contributed by atoms with E-state index in [1.54, 1.807) is 24.1 Å². The molecule has 0 saturated carbocycles. The zero-order chi connectivity index (χ0) is 31.3. The van der Waals surface area contributed by atoms with Crippen LogP contribution in [0.1, 0.15) is 61.6 Å². The Bertz CT molecular complexity index is 1480. The molecule has 0 fully saturated rings. The summed E-state index contributed by atoms with van der Waals surface area (Å²) in [5.41, 5.74) is 4.74. The standard InChI is InChI=1S/C35H41N3O5S/c1-4-9-26(10-5-2)27-15-13-25(14-16-27)23-43-31-18-17-28(19-32(31)42-3)30-24-44-34(37-30)21-38(22-35(40)41)20-33(39)36-29-11-7-6-8-12-29/h6-8,11-19,24,26H,4-5,9-10,20-23H2,1-3H3,(H,36,39)(H,40,41). The molecule has 4 rings (SSSR count). The Morgan fingerprint density at radius 3 is 2.34 bits per heavy atom. The number of ether oxygens (including phenoxy) is 2. The zero-order valence-corrected chi connectivity index (χ0v) is 26.4. The summed E-state index contributed by atoms with van der Waals surface area (Å²) in [7, 11) is 1.61. The normalized spacial score (nSPS) is 11.1. The Balaban J connectivity index is 1.38. The number of hydrogen-bond donors (Lipinski definition) is 2. The smallest absolute Gasteiger partial charge is 0.317 e. The number of para-hydroxylation sites is 1. The molecule has 1 heterocycles. The Morgan fingerprint density at radius 2 is 1.68 bits per heavy atom. The summed E-state index contributed by atoms with van der Waals surface area (Å²) in [6.45, 7) is 4.79. The highest BCUT2D eigenvalue weighted by molar-refractivity contribution is 7.09. The third-order valence-electron chi connectivity index (χ3n) is 7.27. The first kappa shape index (κ1) is 32.7. The molecule has 232 valence electrons. The van der Waals surface area contributed by atoms with Crippen LogP contribution in [-0.4, -0.2) is 47.1 Å². The number of benzene rings is 3. The molecule has 0 aliphatic heterocycles. The van der Waals surface area contributed by atoms with Gasteiger partial charge in [0, 0.05) is 16.6 Å². The number of carboxylic acid groups (broad SMARTS) is 1. The molecule has 2 N–H and O–H groups in total. The number of rotatable bonds is 17. The van der Waals surface area contributed by atoms with Crippen molar-refractivity contribution in [3.8, 4) is 22.8 Å². The highest BCUT2D eigenvalue weighted by Crippen LogP contribution is 2.34. The molecule has 3 aromatic carbocycles. The summed E-state index contributed by atoms with van der Waals surface area (Å²) in [5, 5.41) is 14.8. The van der Waals surface area contributed by atoms with E-state index in [-0.39, 0.29) is 25.5 Å². The maximum absolute atomic E-state index is 12.6. The second kappa shape index (κ2) is 16.6. The van der Waals surface area contributed by atoms with E-state index in [0.717, 1.165) is 16.8 Å². The van der Waals surface area contributed by atoms with Crippen LogP contribution in [-0.2, 0) is 22.7 Å². The summed E-state index contributed by atoms with van der Waals surface area (Å²) in [6, 6.07) is 23.5. The number of carbonyl (C=O) groups excluding carboxylic acids is 1. The van der Waals surface area contributed by atoms with Crippen molar-refractivity contribution in [3.63, 3.8) is 0 Å². The maximum Gasteiger partial charge on any atom is 0.317 e. The fourth-order valence-electron chi connectivity index (χ4n) is 5.16. The molecule has 0 radical (unpaired) electrons. The van der Waals surface area contributed by atoms with Crippen molar-refractivity contribution < 1.29 is 24.2 Å². The summed E-state index contributed by atoms with van der Waals surface area (Å²) in [4.78, 5) is 30.3. The van der Waals surface area contributed by atoms with Gasteiger partial charge in [0.05, 0.1) is 32.4 Å². The molecule has 9 heteroatoms. The number of carboxylic acids is 1. The van der Waals surface area contributed by atoms with Gasteiger partial charge in [0.25, 0.3) is 0 Å². The van der Waals surface area contributed by atoms with Crippen molar-refractivity contribution in [2.45, 2.75) is 58.6 Å². The summed E-state index contributed by atoms with van der Waals surface area (Å²) >= 11 is 1.42. The predicted molar refractivity (Wildman–Crippen MR) is 175 cm³/mol. The fourth-order valence-corrected chi connectivity index (χ4v) is 6.00. The second-order valence-electron chi connectivity index (χ2n) is 10.7. The number of nitrogens with zero attached hydrogens (tertiary/aromatic N) is 2. The lowest BCUT2D eigenvalue weighted by Crippen LogP contribution is -2.36. The lowest BCUT2D eigenvalue weighted by atomic mass is 9.90. The van der Waals surface area contributed by atoms with Crippen LogP contribution >= 0.6 is 11.3 Å². The van der Waals surface area contributed by atoms with Crippen molar-refractivity contribution in [2.75, 3.05) is 25.5 Å². The van der Waals surface area contributed by atoms with Gasteiger partial charge in [0.1, 0.15) is 11.6 Å². The predicted octanol–water partition coefficient (Wildman–Crippen LogP) is 7.61. The monoisotopic (exact) mass is 615 g/mol. The van der Waals surface area contributed by atoms with Gasteiger partial charge in [-0.25, -0.2) is 4.98 Å². The second-order valence-corrected chi connectivity index (χ2v) is 11.7. The van der Waals surface area contributed by atoms with Gasteiger partial charge < -0.3 is 19.9 Å². The van der Waals surface area contributed by atoms with Crippen LogP contribution < -0.4 is 14.8 Å². The Morgan fingerprint density at radius 1 is 0.955 bits per heavy atom. The minimum Gasteiger partial charge on any atom is -0.493 e. The third kappa shape index (κ3) is 9.65. The van der Waals surface area contributed by atoms with Crippen molar-refractivity contribution >= 4 is 28.9 Å². The first-order valence-electron chi connectivity index (χ1n) is 15.0. The van der Waals surface area contributed by atoms with Gasteiger partial charge >= 0.3 is 5.97 Å². The lowest BCUT2D eigenvalue weighted by Gasteiger charge is -2.18. The largest absolute Gasteiger partial charge is 0.493 e. The molecular weight excluding hydrogens is 574 g/mol. The van der Waals surface area contributed by atoms with Crippen molar-refractivity contribution in [1.29, 1.82) is 0 Å². The molecule has 0 atom stereocenters. The lowest BCUT2D eigenvalue weighted by molar-refractivity contribution is -0.138. The van der Waals surface area contributed by atoms with Gasteiger partial charge in [0.2, 0.25) is 5.91 Å². The van der Waals surface area contributed by atoms with Gasteiger partial charge in [-0.2, -0.15) is 0 Å². The van der Waals surface area contributed by atoms with E-state index in [1.807, 2.05) is 41.8 Å². The van der Waals surface area contributed by atoms with E-state index in [9.17, 15) is 14.7 Å². The summed E-state index contributed by atoms with van der Waals surface area (Å²) < 4.78 is 11.8. The molecule has 0 spiro atoms. The molecule has 0 aliphatic carbocycles. The molecule has 1 aromatic heterocycles. The van der Waals surface area contributed by atoms with E-state index in [4.69, 9.17) is 14.5 Å². The van der Waals surface area contributed by atoms with E-state index < -0.39 is 5.97 Å². The van der Waals surface area contributed by atoms with Gasteiger partial charge in [-0.1, -0.05) is 69.2 Å². The molecular formula is C35H41N3O5S. The number of carbonyl (C=O) groups is 2. The molecule has 0 unspecified atom stereocenters. The number of nitrogens with one attached hydrogen (secondary N) is 1. The average molecular weight is 616 g/mol. The van der Waals surface area contributed by atoms with Gasteiger partial charge in [-0.05, 0) is 60.2 Å². The van der Waals surface area contributed by atoms with Crippen molar-refractivity contribution in [3.05, 3.63) is 94.3 Å². The summed E-state index contributed by atoms with van der Waals surface area (Å²) in [6.07, 6.45) is 4.79. The van der Waals surface area contributed by atoms with E-state index in [2.05, 4.69) is 43.4 Å². The Hall–Kier alpha value is -4.21. The van der Waals surface area contributed by atoms with Crippen LogP contribution in [0.15, 0.2) is 78.2 Å². The van der Waals surface area contributed by atoms with E-state index in [0.29, 0.717) is 34.7 Å². The van der Waals surface area contributed by atoms with Crippen LogP contribution in [0.25, 0.3) is 11.3 Å². The number of aromatic nitrogens is 1. The molecule has 8 nitrogen and oxygen atoms in total. The number of anilines is 1. The van der Waals surface area contributed by atoms with E-state index >= 15 is 0 Å². The SMILES string of the molecule is CCCC(CCC)c1ccc(COc2ccc(-c3csc(CN(CC(=O)O)CC(=O)Nc4ccccc4)n3)cc2OC)cc1. The van der Waals surface area contributed by atoms with E-state index in [1.165, 1.54) is 42.6 Å². The quantitative estimate of drug-likeness (QED) is 0.126. The van der Waals surface area contributed by atoms with Crippen LogP contribution in [0.4, 0.5) is 5.69 Å². The number of amides is 1. The first-order chi connectivity index (χ1) is 21.4. The molecule has 0 bridgehead atoms. The van der Waals surface area contributed by atoms with Gasteiger partial charge in [-0.15, -0.1) is 11.3 Å². The minimum absolute atomic E-state index is 0.0727. The van der Waals surface area contributed by atoms with Crippen molar-refractivity contribution in [2.24, 2.45) is 0 Å². The van der Waals surface area contributed by atoms with Gasteiger partial charge in [-0.3, -0.25) is 14.5 Å². The fraction of sp³-hybridized carbons (Fsp3) is 0.343. The molecule has 0 aliphatic rings. The Labute approximate surface area is 263 Å². The highest BCUT2D eigenvalue weighted by atomic mass is 32.1.